The van der Waals surface area contributed by atoms with Gasteiger partial charge in [-0.25, -0.2) is 18.7 Å². The summed E-state index contributed by atoms with van der Waals surface area (Å²) in [5.41, 5.74) is 0.108. The highest BCUT2D eigenvalue weighted by molar-refractivity contribution is 5.94. The Labute approximate surface area is 143 Å². The third-order valence-electron chi connectivity index (χ3n) is 3.94. The normalized spacial score (nSPS) is 17.2. The first-order valence-electron chi connectivity index (χ1n) is 7.84. The molecule has 2 aromatic rings. The molecular formula is C17H17F2N3O3. The molecule has 1 fully saturated rings. The maximum Gasteiger partial charge on any atom is 0.278 e. The van der Waals surface area contributed by atoms with E-state index in [0.29, 0.717) is 13.1 Å². The Morgan fingerprint density at radius 1 is 1.20 bits per heavy atom. The van der Waals surface area contributed by atoms with Crippen LogP contribution in [0.2, 0.25) is 0 Å². The molecule has 8 heteroatoms. The lowest BCUT2D eigenvalue weighted by Crippen LogP contribution is -2.44. The number of ether oxygens (including phenoxy) is 2. The number of hydrogen-bond donors (Lipinski definition) is 0. The van der Waals surface area contributed by atoms with Crippen molar-refractivity contribution < 1.29 is 23.0 Å². The predicted octanol–water partition coefficient (Wildman–Crippen LogP) is 2.45. The molecule has 1 atom stereocenters. The van der Waals surface area contributed by atoms with E-state index in [9.17, 15) is 13.6 Å². The second-order valence-corrected chi connectivity index (χ2v) is 5.63. The number of piperidine rings is 1. The quantitative estimate of drug-likeness (QED) is 0.848. The van der Waals surface area contributed by atoms with Gasteiger partial charge < -0.3 is 14.4 Å². The Balaban J connectivity index is 1.70. The van der Waals surface area contributed by atoms with Crippen LogP contribution in [0, 0.1) is 11.6 Å². The van der Waals surface area contributed by atoms with E-state index >= 15 is 0 Å². The van der Waals surface area contributed by atoms with Crippen molar-refractivity contribution in [3.05, 3.63) is 47.8 Å². The van der Waals surface area contributed by atoms with E-state index in [4.69, 9.17) is 9.47 Å². The number of carbonyl (C=O) groups excluding carboxylic acids is 1. The molecule has 6 nitrogen and oxygen atoms in total. The predicted molar refractivity (Wildman–Crippen MR) is 84.5 cm³/mol. The highest BCUT2D eigenvalue weighted by atomic mass is 19.2. The van der Waals surface area contributed by atoms with Crippen molar-refractivity contribution in [3.8, 4) is 11.8 Å². The van der Waals surface area contributed by atoms with Crippen molar-refractivity contribution in [1.29, 1.82) is 0 Å². The second kappa shape index (κ2) is 7.42. The summed E-state index contributed by atoms with van der Waals surface area (Å²) < 4.78 is 37.3. The molecule has 1 aliphatic heterocycles. The molecule has 0 bridgehead atoms. The van der Waals surface area contributed by atoms with Gasteiger partial charge in [0.15, 0.2) is 11.6 Å². The minimum absolute atomic E-state index is 0.108. The van der Waals surface area contributed by atoms with Crippen LogP contribution in [0.15, 0.2) is 30.6 Å². The SMILES string of the molecule is COc1nccnc1OC1CCCN(C(=O)c2ccc(F)c(F)c2)C1. The molecular weight excluding hydrogens is 332 g/mol. The summed E-state index contributed by atoms with van der Waals surface area (Å²) in [6, 6.07) is 3.13. The van der Waals surface area contributed by atoms with Crippen molar-refractivity contribution in [2.75, 3.05) is 20.2 Å². The first-order chi connectivity index (χ1) is 12.1. The number of nitrogens with zero attached hydrogens (tertiary/aromatic N) is 3. The highest BCUT2D eigenvalue weighted by Gasteiger charge is 2.27. The Kier molecular flexibility index (Phi) is 5.06. The number of amides is 1. The van der Waals surface area contributed by atoms with Gasteiger partial charge in [0.25, 0.3) is 17.7 Å². The molecule has 0 radical (unpaired) electrons. The minimum atomic E-state index is -1.04. The molecule has 1 aromatic heterocycles. The first-order valence-corrected chi connectivity index (χ1v) is 7.84. The minimum Gasteiger partial charge on any atom is -0.477 e. The van der Waals surface area contributed by atoms with Gasteiger partial charge in [-0.05, 0) is 31.0 Å². The fourth-order valence-corrected chi connectivity index (χ4v) is 2.72. The number of carbonyl (C=O) groups is 1. The summed E-state index contributed by atoms with van der Waals surface area (Å²) in [7, 11) is 1.47. The van der Waals surface area contributed by atoms with Crippen molar-refractivity contribution in [3.63, 3.8) is 0 Å². The van der Waals surface area contributed by atoms with Gasteiger partial charge in [0.2, 0.25) is 0 Å². The van der Waals surface area contributed by atoms with Gasteiger partial charge in [-0.2, -0.15) is 0 Å². The van der Waals surface area contributed by atoms with Crippen LogP contribution in [0.3, 0.4) is 0 Å². The summed E-state index contributed by atoms with van der Waals surface area (Å²) in [5.74, 6) is -1.85. The summed E-state index contributed by atoms with van der Waals surface area (Å²) in [6.07, 6.45) is 4.16. The second-order valence-electron chi connectivity index (χ2n) is 5.63. The summed E-state index contributed by atoms with van der Waals surface area (Å²) in [4.78, 5) is 22.2. The lowest BCUT2D eigenvalue weighted by Gasteiger charge is -2.32. The molecule has 0 N–H and O–H groups in total. The zero-order chi connectivity index (χ0) is 17.8. The third kappa shape index (κ3) is 3.84. The van der Waals surface area contributed by atoms with E-state index in [-0.39, 0.29) is 29.3 Å². The van der Waals surface area contributed by atoms with Gasteiger partial charge in [-0.3, -0.25) is 4.79 Å². The number of hydrogen-bond acceptors (Lipinski definition) is 5. The molecule has 1 aliphatic rings. The van der Waals surface area contributed by atoms with Crippen LogP contribution in [0.5, 0.6) is 11.8 Å². The van der Waals surface area contributed by atoms with Crippen LogP contribution < -0.4 is 9.47 Å². The van der Waals surface area contributed by atoms with Crippen LogP contribution in [0.25, 0.3) is 0 Å². The maximum atomic E-state index is 13.4. The number of rotatable bonds is 4. The molecule has 1 aromatic carbocycles. The number of aromatic nitrogens is 2. The van der Waals surface area contributed by atoms with Crippen LogP contribution in [-0.4, -0.2) is 47.1 Å². The molecule has 1 saturated heterocycles. The molecule has 2 heterocycles. The topological polar surface area (TPSA) is 64.6 Å². The monoisotopic (exact) mass is 349 g/mol. The van der Waals surface area contributed by atoms with Gasteiger partial charge in [0.1, 0.15) is 6.10 Å². The van der Waals surface area contributed by atoms with Crippen LogP contribution >= 0.6 is 0 Å². The first kappa shape index (κ1) is 17.1. The Morgan fingerprint density at radius 2 is 1.96 bits per heavy atom. The van der Waals surface area contributed by atoms with Crippen molar-refractivity contribution in [1.82, 2.24) is 14.9 Å². The number of halogens is 2. The van der Waals surface area contributed by atoms with Crippen LogP contribution in [-0.2, 0) is 0 Å². The van der Waals surface area contributed by atoms with Gasteiger partial charge in [-0.1, -0.05) is 0 Å². The molecule has 1 amide bonds. The van der Waals surface area contributed by atoms with E-state index in [1.165, 1.54) is 25.6 Å². The highest BCUT2D eigenvalue weighted by Crippen LogP contribution is 2.24. The van der Waals surface area contributed by atoms with E-state index in [1.807, 2.05) is 0 Å². The van der Waals surface area contributed by atoms with E-state index in [1.54, 1.807) is 4.90 Å². The van der Waals surface area contributed by atoms with Crippen LogP contribution in [0.4, 0.5) is 8.78 Å². The Morgan fingerprint density at radius 3 is 2.68 bits per heavy atom. The fraction of sp³-hybridized carbons (Fsp3) is 0.353. The van der Waals surface area contributed by atoms with E-state index in [2.05, 4.69) is 9.97 Å². The lowest BCUT2D eigenvalue weighted by atomic mass is 10.1. The number of benzene rings is 1. The molecule has 3 rings (SSSR count). The van der Waals surface area contributed by atoms with Crippen molar-refractivity contribution >= 4 is 5.91 Å². The van der Waals surface area contributed by atoms with Crippen molar-refractivity contribution in [2.24, 2.45) is 0 Å². The molecule has 0 saturated carbocycles. The van der Waals surface area contributed by atoms with Crippen LogP contribution in [0.1, 0.15) is 23.2 Å². The Hall–Kier alpha value is -2.77. The standard InChI is InChI=1S/C17H17F2N3O3/c1-24-15-16(21-7-6-20-15)25-12-3-2-8-22(10-12)17(23)11-4-5-13(18)14(19)9-11/h4-7,9,12H,2-3,8,10H2,1H3. The fourth-order valence-electron chi connectivity index (χ4n) is 2.72. The molecule has 1 unspecified atom stereocenters. The van der Waals surface area contributed by atoms with Gasteiger partial charge >= 0.3 is 0 Å². The van der Waals surface area contributed by atoms with Gasteiger partial charge in [0, 0.05) is 24.5 Å². The van der Waals surface area contributed by atoms with Crippen molar-refractivity contribution in [2.45, 2.75) is 18.9 Å². The Bertz CT molecular complexity index is 773. The zero-order valence-electron chi connectivity index (χ0n) is 13.6. The smallest absolute Gasteiger partial charge is 0.278 e. The van der Waals surface area contributed by atoms with E-state index < -0.39 is 11.6 Å². The summed E-state index contributed by atoms with van der Waals surface area (Å²) >= 11 is 0. The third-order valence-corrected chi connectivity index (χ3v) is 3.94. The number of methoxy groups -OCH3 is 1. The number of likely N-dealkylation sites (tertiary alicyclic amines) is 1. The lowest BCUT2D eigenvalue weighted by molar-refractivity contribution is 0.0519. The average molecular weight is 349 g/mol. The van der Waals surface area contributed by atoms with Gasteiger partial charge in [0.05, 0.1) is 13.7 Å². The maximum absolute atomic E-state index is 13.4. The summed E-state index contributed by atoms with van der Waals surface area (Å²) in [5, 5.41) is 0. The van der Waals surface area contributed by atoms with E-state index in [0.717, 1.165) is 25.0 Å². The zero-order valence-corrected chi connectivity index (χ0v) is 13.6. The molecule has 0 aliphatic carbocycles. The van der Waals surface area contributed by atoms with Gasteiger partial charge in [-0.15, -0.1) is 0 Å². The molecule has 0 spiro atoms. The molecule has 132 valence electrons. The molecule has 25 heavy (non-hydrogen) atoms. The average Bonchev–Trinajstić information content (AvgIpc) is 2.64. The summed E-state index contributed by atoms with van der Waals surface area (Å²) in [6.45, 7) is 0.840. The largest absolute Gasteiger partial charge is 0.477 e.